The van der Waals surface area contributed by atoms with Crippen LogP contribution in [0.2, 0.25) is 0 Å². The lowest BCUT2D eigenvalue weighted by Gasteiger charge is -2.26. The van der Waals surface area contributed by atoms with Crippen LogP contribution in [0.3, 0.4) is 0 Å². The smallest absolute Gasteiger partial charge is 0.354 e. The molecule has 2 rings (SSSR count). The average molecular weight is 258 g/mol. The zero-order valence-electron chi connectivity index (χ0n) is 9.63. The first-order valence-corrected chi connectivity index (χ1v) is 5.60. The SMILES string of the molecule is O=C1CN(Cc2cccc(C(F)(F)F)c2)CCN1. The van der Waals surface area contributed by atoms with Gasteiger partial charge in [0.2, 0.25) is 5.91 Å². The maximum absolute atomic E-state index is 12.5. The number of alkyl halides is 3. The zero-order chi connectivity index (χ0) is 13.2. The maximum Gasteiger partial charge on any atom is 0.416 e. The number of amides is 1. The molecule has 18 heavy (non-hydrogen) atoms. The molecule has 1 saturated heterocycles. The van der Waals surface area contributed by atoms with Gasteiger partial charge in [0.15, 0.2) is 0 Å². The van der Waals surface area contributed by atoms with E-state index in [-0.39, 0.29) is 12.5 Å². The van der Waals surface area contributed by atoms with Gasteiger partial charge in [0.1, 0.15) is 0 Å². The van der Waals surface area contributed by atoms with Gasteiger partial charge in [-0.15, -0.1) is 0 Å². The Hall–Kier alpha value is -1.56. The van der Waals surface area contributed by atoms with Crippen molar-refractivity contribution in [1.82, 2.24) is 10.2 Å². The van der Waals surface area contributed by atoms with Crippen LogP contribution >= 0.6 is 0 Å². The molecule has 0 radical (unpaired) electrons. The fraction of sp³-hybridized carbons (Fsp3) is 0.417. The lowest BCUT2D eigenvalue weighted by molar-refractivity contribution is -0.137. The van der Waals surface area contributed by atoms with Gasteiger partial charge in [-0.2, -0.15) is 13.2 Å². The Labute approximate surface area is 103 Å². The molecule has 6 heteroatoms. The molecular formula is C12H13F3N2O. The quantitative estimate of drug-likeness (QED) is 0.874. The number of benzene rings is 1. The molecule has 1 fully saturated rings. The van der Waals surface area contributed by atoms with Gasteiger partial charge in [0.05, 0.1) is 12.1 Å². The Morgan fingerprint density at radius 1 is 1.33 bits per heavy atom. The monoisotopic (exact) mass is 258 g/mol. The van der Waals surface area contributed by atoms with Crippen molar-refractivity contribution in [2.75, 3.05) is 19.6 Å². The highest BCUT2D eigenvalue weighted by Crippen LogP contribution is 2.29. The molecule has 3 nitrogen and oxygen atoms in total. The Bertz CT molecular complexity index is 445. The van der Waals surface area contributed by atoms with Crippen LogP contribution in [0, 0.1) is 0 Å². The maximum atomic E-state index is 12.5. The minimum Gasteiger partial charge on any atom is -0.354 e. The summed E-state index contributed by atoms with van der Waals surface area (Å²) >= 11 is 0. The van der Waals surface area contributed by atoms with E-state index in [4.69, 9.17) is 0 Å². The van der Waals surface area contributed by atoms with E-state index in [1.54, 1.807) is 6.07 Å². The van der Waals surface area contributed by atoms with Crippen LogP contribution in [0.15, 0.2) is 24.3 Å². The van der Waals surface area contributed by atoms with E-state index < -0.39 is 11.7 Å². The first-order valence-electron chi connectivity index (χ1n) is 5.60. The third-order valence-electron chi connectivity index (χ3n) is 2.78. The van der Waals surface area contributed by atoms with Gasteiger partial charge in [-0.3, -0.25) is 9.69 Å². The molecule has 1 heterocycles. The molecule has 0 saturated carbocycles. The third-order valence-corrected chi connectivity index (χ3v) is 2.78. The molecule has 0 spiro atoms. The second-order valence-electron chi connectivity index (χ2n) is 4.26. The molecule has 1 aliphatic heterocycles. The Balaban J connectivity index is 2.07. The van der Waals surface area contributed by atoms with Gasteiger partial charge in [0, 0.05) is 19.6 Å². The molecule has 1 aromatic rings. The van der Waals surface area contributed by atoms with Crippen LogP contribution in [-0.4, -0.2) is 30.4 Å². The number of halogens is 3. The lowest BCUT2D eigenvalue weighted by atomic mass is 10.1. The first-order chi connectivity index (χ1) is 8.45. The van der Waals surface area contributed by atoms with Gasteiger partial charge in [0.25, 0.3) is 0 Å². The number of nitrogens with one attached hydrogen (secondary N) is 1. The Kier molecular flexibility index (Phi) is 3.56. The third kappa shape index (κ3) is 3.22. The van der Waals surface area contributed by atoms with Crippen LogP contribution in [0.5, 0.6) is 0 Å². The minimum absolute atomic E-state index is 0.0896. The summed E-state index contributed by atoms with van der Waals surface area (Å²) in [6, 6.07) is 5.21. The Morgan fingerprint density at radius 2 is 2.11 bits per heavy atom. The van der Waals surface area contributed by atoms with Crippen molar-refractivity contribution in [2.45, 2.75) is 12.7 Å². The number of piperazine rings is 1. The summed E-state index contributed by atoms with van der Waals surface area (Å²) in [6.07, 6.45) is -4.32. The van der Waals surface area contributed by atoms with Crippen molar-refractivity contribution in [2.24, 2.45) is 0 Å². The van der Waals surface area contributed by atoms with Crippen molar-refractivity contribution < 1.29 is 18.0 Å². The molecule has 98 valence electrons. The van der Waals surface area contributed by atoms with Crippen molar-refractivity contribution in [1.29, 1.82) is 0 Å². The number of rotatable bonds is 2. The number of carbonyl (C=O) groups is 1. The predicted molar refractivity (Wildman–Crippen MR) is 59.7 cm³/mol. The summed E-state index contributed by atoms with van der Waals surface area (Å²) in [4.78, 5) is 13.0. The molecule has 0 unspecified atom stereocenters. The summed E-state index contributed by atoms with van der Waals surface area (Å²) in [5, 5.41) is 2.67. The molecule has 0 atom stereocenters. The van der Waals surface area contributed by atoms with Crippen molar-refractivity contribution in [3.8, 4) is 0 Å². The van der Waals surface area contributed by atoms with E-state index in [1.807, 2.05) is 4.90 Å². The number of hydrogen-bond donors (Lipinski definition) is 1. The second-order valence-corrected chi connectivity index (χ2v) is 4.26. The second kappa shape index (κ2) is 4.97. The van der Waals surface area contributed by atoms with E-state index >= 15 is 0 Å². The number of hydrogen-bond acceptors (Lipinski definition) is 2. The van der Waals surface area contributed by atoms with Crippen molar-refractivity contribution >= 4 is 5.91 Å². The largest absolute Gasteiger partial charge is 0.416 e. The predicted octanol–water partition coefficient (Wildman–Crippen LogP) is 1.64. The number of nitrogens with zero attached hydrogens (tertiary/aromatic N) is 1. The summed E-state index contributed by atoms with van der Waals surface area (Å²) in [5.74, 6) is -0.0896. The van der Waals surface area contributed by atoms with Crippen LogP contribution in [0.4, 0.5) is 13.2 Å². The molecule has 0 bridgehead atoms. The Morgan fingerprint density at radius 3 is 2.78 bits per heavy atom. The standard InChI is InChI=1S/C12H13F3N2O/c13-12(14,15)10-3-1-2-9(6-10)7-17-5-4-16-11(18)8-17/h1-3,6H,4-5,7-8H2,(H,16,18). The van der Waals surface area contributed by atoms with Crippen LogP contribution in [0.25, 0.3) is 0 Å². The van der Waals surface area contributed by atoms with Gasteiger partial charge < -0.3 is 5.32 Å². The first kappa shape index (κ1) is 12.9. The van der Waals surface area contributed by atoms with Gasteiger partial charge >= 0.3 is 6.18 Å². The normalized spacial score (nSPS) is 17.6. The molecule has 0 aromatic heterocycles. The summed E-state index contributed by atoms with van der Waals surface area (Å²) in [7, 11) is 0. The summed E-state index contributed by atoms with van der Waals surface area (Å²) in [6.45, 7) is 1.79. The topological polar surface area (TPSA) is 32.3 Å². The summed E-state index contributed by atoms with van der Waals surface area (Å²) in [5.41, 5.74) is -0.0824. The van der Waals surface area contributed by atoms with Crippen LogP contribution in [0.1, 0.15) is 11.1 Å². The summed E-state index contributed by atoms with van der Waals surface area (Å²) < 4.78 is 37.6. The van der Waals surface area contributed by atoms with Crippen LogP contribution in [-0.2, 0) is 17.5 Å². The fourth-order valence-corrected chi connectivity index (χ4v) is 1.93. The highest BCUT2D eigenvalue weighted by molar-refractivity contribution is 5.78. The number of carbonyl (C=O) groups excluding carboxylic acids is 1. The fourth-order valence-electron chi connectivity index (χ4n) is 1.93. The zero-order valence-corrected chi connectivity index (χ0v) is 9.63. The highest BCUT2D eigenvalue weighted by atomic mass is 19.4. The average Bonchev–Trinajstić information content (AvgIpc) is 2.28. The molecule has 0 aliphatic carbocycles. The molecule has 1 amide bonds. The van der Waals surface area contributed by atoms with Gasteiger partial charge in [-0.25, -0.2) is 0 Å². The van der Waals surface area contributed by atoms with Gasteiger partial charge in [-0.05, 0) is 11.6 Å². The van der Waals surface area contributed by atoms with Gasteiger partial charge in [-0.1, -0.05) is 18.2 Å². The van der Waals surface area contributed by atoms with Crippen LogP contribution < -0.4 is 5.32 Å². The van der Waals surface area contributed by atoms with Crippen molar-refractivity contribution in [3.63, 3.8) is 0 Å². The minimum atomic E-state index is -4.32. The highest BCUT2D eigenvalue weighted by Gasteiger charge is 2.30. The molecule has 1 aliphatic rings. The lowest BCUT2D eigenvalue weighted by Crippen LogP contribution is -2.47. The van der Waals surface area contributed by atoms with E-state index in [0.29, 0.717) is 25.2 Å². The van der Waals surface area contributed by atoms with Crippen molar-refractivity contribution in [3.05, 3.63) is 35.4 Å². The molecule has 1 N–H and O–H groups in total. The van der Waals surface area contributed by atoms with E-state index in [9.17, 15) is 18.0 Å². The molecule has 1 aromatic carbocycles. The van der Waals surface area contributed by atoms with E-state index in [2.05, 4.69) is 5.32 Å². The van der Waals surface area contributed by atoms with E-state index in [0.717, 1.165) is 12.1 Å². The molecular weight excluding hydrogens is 245 g/mol. The van der Waals surface area contributed by atoms with E-state index in [1.165, 1.54) is 6.07 Å².